The molecule has 0 aliphatic carbocycles. The average Bonchev–Trinajstić information content (AvgIpc) is 1.97. The summed E-state index contributed by atoms with van der Waals surface area (Å²) in [5.41, 5.74) is 0. The van der Waals surface area contributed by atoms with E-state index in [0.717, 1.165) is 5.92 Å². The third kappa shape index (κ3) is 7.97. The summed E-state index contributed by atoms with van der Waals surface area (Å²) in [7, 11) is 5.67. The topological polar surface area (TPSA) is 0 Å². The Morgan fingerprint density at radius 3 is 2.18 bits per heavy atom. The molecule has 0 aromatic carbocycles. The summed E-state index contributed by atoms with van der Waals surface area (Å²) in [6, 6.07) is 0. The number of hydrogen-bond donors (Lipinski definition) is 0. The fraction of sp³-hybridized carbons (Fsp3) is 1.00. The van der Waals surface area contributed by atoms with Crippen molar-refractivity contribution in [2.75, 3.05) is 0 Å². The zero-order chi connectivity index (χ0) is 8.69. The van der Waals surface area contributed by atoms with Crippen LogP contribution in [0.1, 0.15) is 52.9 Å². The molecule has 0 saturated heterocycles. The molecule has 11 heavy (non-hydrogen) atoms. The van der Waals surface area contributed by atoms with Crippen molar-refractivity contribution < 1.29 is 0 Å². The molecule has 64 valence electrons. The smallest absolute Gasteiger partial charge is 0.0695 e. The zero-order valence-corrected chi connectivity index (χ0v) is 8.27. The largest absolute Gasteiger partial charge is 0.0802 e. The van der Waals surface area contributed by atoms with E-state index in [1.54, 1.807) is 0 Å². The quantitative estimate of drug-likeness (QED) is 0.510. The van der Waals surface area contributed by atoms with E-state index in [1.165, 1.54) is 32.1 Å². The van der Waals surface area contributed by atoms with Gasteiger partial charge in [0.1, 0.15) is 0 Å². The minimum Gasteiger partial charge on any atom is -0.0802 e. The Hall–Kier alpha value is 0.0649. The van der Waals surface area contributed by atoms with Crippen LogP contribution in [0.25, 0.3) is 0 Å². The fourth-order valence-corrected chi connectivity index (χ4v) is 1.24. The molecule has 0 amide bonds. The molecule has 0 N–H and O–H groups in total. The highest BCUT2D eigenvalue weighted by Gasteiger charge is 2.02. The van der Waals surface area contributed by atoms with Crippen LogP contribution in [0.5, 0.6) is 0 Å². The summed E-state index contributed by atoms with van der Waals surface area (Å²) in [6.07, 6.45) is 6.56. The highest BCUT2D eigenvalue weighted by atomic mass is 14.1. The van der Waals surface area contributed by atoms with Gasteiger partial charge >= 0.3 is 0 Å². The number of hydrogen-bond acceptors (Lipinski definition) is 0. The Morgan fingerprint density at radius 2 is 1.73 bits per heavy atom. The highest BCUT2D eigenvalue weighted by Crippen LogP contribution is 2.18. The highest BCUT2D eigenvalue weighted by molar-refractivity contribution is 6.11. The van der Waals surface area contributed by atoms with Gasteiger partial charge in [0.15, 0.2) is 0 Å². The summed E-state index contributed by atoms with van der Waals surface area (Å²) >= 11 is 0. The van der Waals surface area contributed by atoms with Gasteiger partial charge in [-0.05, 0) is 5.92 Å². The summed E-state index contributed by atoms with van der Waals surface area (Å²) < 4.78 is 0. The van der Waals surface area contributed by atoms with Crippen molar-refractivity contribution in [3.63, 3.8) is 0 Å². The molecular formula is C10H21B. The second-order valence-electron chi connectivity index (χ2n) is 3.80. The van der Waals surface area contributed by atoms with Gasteiger partial charge in [0.05, 0.1) is 7.85 Å². The van der Waals surface area contributed by atoms with E-state index in [-0.39, 0.29) is 0 Å². The normalized spacial score (nSPS) is 16.3. The first-order valence-corrected chi connectivity index (χ1v) is 4.92. The molecule has 0 aromatic heterocycles. The van der Waals surface area contributed by atoms with Crippen molar-refractivity contribution in [2.45, 2.75) is 58.7 Å². The van der Waals surface area contributed by atoms with Gasteiger partial charge in [-0.15, -0.1) is 0 Å². The molecule has 0 fully saturated rings. The van der Waals surface area contributed by atoms with Crippen LogP contribution < -0.4 is 0 Å². The number of unbranched alkanes of at least 4 members (excludes halogenated alkanes) is 1. The van der Waals surface area contributed by atoms with Crippen molar-refractivity contribution in [3.05, 3.63) is 0 Å². The van der Waals surface area contributed by atoms with Gasteiger partial charge in [-0.2, -0.15) is 0 Å². The summed E-state index contributed by atoms with van der Waals surface area (Å²) in [4.78, 5) is 0. The molecule has 0 aliphatic rings. The molecule has 0 aliphatic heterocycles. The van der Waals surface area contributed by atoms with Gasteiger partial charge in [0.25, 0.3) is 0 Å². The van der Waals surface area contributed by atoms with Crippen LogP contribution in [0.4, 0.5) is 0 Å². The third-order valence-corrected chi connectivity index (χ3v) is 2.17. The molecule has 0 nitrogen and oxygen atoms in total. The minimum absolute atomic E-state index is 0.388. The third-order valence-electron chi connectivity index (χ3n) is 2.17. The Bertz CT molecular complexity index is 78.9. The van der Waals surface area contributed by atoms with Gasteiger partial charge in [-0.25, -0.2) is 0 Å². The molecule has 2 unspecified atom stereocenters. The molecule has 0 heterocycles. The van der Waals surface area contributed by atoms with Gasteiger partial charge in [-0.3, -0.25) is 0 Å². The standard InChI is InChI=1S/C10H21B/c1-4-5-6-9(2)7-8-10(3)11/h9-10H,4-8H2,1-3H3. The average molecular weight is 152 g/mol. The van der Waals surface area contributed by atoms with E-state index in [2.05, 4.69) is 20.8 Å². The fourth-order valence-electron chi connectivity index (χ4n) is 1.24. The minimum atomic E-state index is 0.388. The predicted octanol–water partition coefficient (Wildman–Crippen LogP) is 3.57. The molecule has 1 heteroatoms. The van der Waals surface area contributed by atoms with Gasteiger partial charge < -0.3 is 0 Å². The Morgan fingerprint density at radius 1 is 1.09 bits per heavy atom. The summed E-state index contributed by atoms with van der Waals surface area (Å²) in [5, 5.41) is 0. The first-order valence-electron chi connectivity index (χ1n) is 4.92. The van der Waals surface area contributed by atoms with Crippen LogP contribution in [0, 0.1) is 5.92 Å². The van der Waals surface area contributed by atoms with E-state index in [9.17, 15) is 0 Å². The molecule has 0 bridgehead atoms. The first-order chi connectivity index (χ1) is 5.16. The van der Waals surface area contributed by atoms with Crippen LogP contribution >= 0.6 is 0 Å². The van der Waals surface area contributed by atoms with E-state index in [1.807, 2.05) is 0 Å². The lowest BCUT2D eigenvalue weighted by molar-refractivity contribution is 0.454. The number of rotatable bonds is 6. The molecule has 0 rings (SSSR count). The lowest BCUT2D eigenvalue weighted by Crippen LogP contribution is -1.96. The lowest BCUT2D eigenvalue weighted by Gasteiger charge is -2.11. The van der Waals surface area contributed by atoms with Crippen molar-refractivity contribution >= 4 is 7.85 Å². The monoisotopic (exact) mass is 152 g/mol. The van der Waals surface area contributed by atoms with Crippen LogP contribution in [-0.2, 0) is 0 Å². The van der Waals surface area contributed by atoms with Crippen LogP contribution in [-0.4, -0.2) is 7.85 Å². The van der Waals surface area contributed by atoms with Crippen molar-refractivity contribution in [3.8, 4) is 0 Å². The summed E-state index contributed by atoms with van der Waals surface area (Å²) in [6.45, 7) is 6.67. The molecule has 0 aromatic rings. The molecule has 2 atom stereocenters. The first kappa shape index (κ1) is 11.1. The van der Waals surface area contributed by atoms with Crippen molar-refractivity contribution in [1.82, 2.24) is 0 Å². The van der Waals surface area contributed by atoms with Crippen LogP contribution in [0.15, 0.2) is 0 Å². The molecule has 0 saturated carbocycles. The van der Waals surface area contributed by atoms with Gasteiger partial charge in [-0.1, -0.05) is 58.7 Å². The van der Waals surface area contributed by atoms with Gasteiger partial charge in [0.2, 0.25) is 0 Å². The van der Waals surface area contributed by atoms with E-state index in [0.29, 0.717) is 5.82 Å². The predicted molar refractivity (Wildman–Crippen MR) is 53.1 cm³/mol. The maximum absolute atomic E-state index is 5.67. The van der Waals surface area contributed by atoms with Gasteiger partial charge in [0, 0.05) is 0 Å². The van der Waals surface area contributed by atoms with Crippen LogP contribution in [0.3, 0.4) is 0 Å². The Balaban J connectivity index is 3.15. The maximum Gasteiger partial charge on any atom is 0.0695 e. The molecular weight excluding hydrogens is 131 g/mol. The summed E-state index contributed by atoms with van der Waals surface area (Å²) in [5.74, 6) is 1.26. The van der Waals surface area contributed by atoms with E-state index < -0.39 is 0 Å². The van der Waals surface area contributed by atoms with E-state index in [4.69, 9.17) is 7.85 Å². The SMILES string of the molecule is [B]C(C)CCC(C)CCCC. The second kappa shape index (κ2) is 6.76. The maximum atomic E-state index is 5.67. The Labute approximate surface area is 73.2 Å². The molecule has 2 radical (unpaired) electrons. The van der Waals surface area contributed by atoms with Crippen molar-refractivity contribution in [1.29, 1.82) is 0 Å². The second-order valence-corrected chi connectivity index (χ2v) is 3.80. The van der Waals surface area contributed by atoms with E-state index >= 15 is 0 Å². The lowest BCUT2D eigenvalue weighted by atomic mass is 9.83. The zero-order valence-electron chi connectivity index (χ0n) is 8.27. The van der Waals surface area contributed by atoms with Crippen molar-refractivity contribution in [2.24, 2.45) is 5.92 Å². The van der Waals surface area contributed by atoms with Crippen LogP contribution in [0.2, 0.25) is 5.82 Å². The Kier molecular flexibility index (Phi) is 6.80. The molecule has 0 spiro atoms.